The fourth-order valence-corrected chi connectivity index (χ4v) is 2.87. The number of thioether (sulfide) groups is 2. The van der Waals surface area contributed by atoms with Gasteiger partial charge in [-0.3, -0.25) is 14.9 Å². The predicted octanol–water partition coefficient (Wildman–Crippen LogP) is 2.14. The van der Waals surface area contributed by atoms with Gasteiger partial charge in [0.2, 0.25) is 5.95 Å². The highest BCUT2D eigenvalue weighted by atomic mass is 32.2. The van der Waals surface area contributed by atoms with Crippen LogP contribution in [0.15, 0.2) is 34.6 Å². The lowest BCUT2D eigenvalue weighted by molar-refractivity contribution is 0.0713. The van der Waals surface area contributed by atoms with E-state index in [0.29, 0.717) is 15.2 Å². The van der Waals surface area contributed by atoms with Gasteiger partial charge in [-0.25, -0.2) is 4.79 Å². The molecule has 24 heavy (non-hydrogen) atoms. The number of rotatable bonds is 3. The highest BCUT2D eigenvalue weighted by Gasteiger charge is 2.40. The third-order valence-corrected chi connectivity index (χ3v) is 4.27. The van der Waals surface area contributed by atoms with Crippen LogP contribution in [0.3, 0.4) is 0 Å². The molecule has 0 fully saturated rings. The van der Waals surface area contributed by atoms with Gasteiger partial charge in [-0.1, -0.05) is 35.7 Å². The van der Waals surface area contributed by atoms with Crippen molar-refractivity contribution < 1.29 is 14.4 Å². The van der Waals surface area contributed by atoms with Gasteiger partial charge in [-0.2, -0.15) is 19.9 Å². The monoisotopic (exact) mass is 361 g/mol. The van der Waals surface area contributed by atoms with Crippen LogP contribution in [0.1, 0.15) is 20.7 Å². The summed E-state index contributed by atoms with van der Waals surface area (Å²) in [4.78, 5) is 49.7. The summed E-state index contributed by atoms with van der Waals surface area (Å²) in [6.07, 6.45) is 3.57. The fourth-order valence-electron chi connectivity index (χ4n) is 2.10. The van der Waals surface area contributed by atoms with E-state index in [0.717, 1.165) is 0 Å². The molecule has 8 nitrogen and oxygen atoms in total. The number of amides is 4. The number of fused-ring (bicyclic) bond motifs is 1. The molecule has 1 N–H and O–H groups in total. The fraction of sp³-hybridized carbons (Fsp3) is 0.143. The summed E-state index contributed by atoms with van der Waals surface area (Å²) in [5.74, 6) is -1.35. The van der Waals surface area contributed by atoms with E-state index in [2.05, 4.69) is 20.3 Å². The Balaban J connectivity index is 1.87. The third kappa shape index (κ3) is 2.85. The van der Waals surface area contributed by atoms with Gasteiger partial charge in [0.15, 0.2) is 10.3 Å². The van der Waals surface area contributed by atoms with Gasteiger partial charge in [-0.15, -0.1) is 0 Å². The summed E-state index contributed by atoms with van der Waals surface area (Å²) >= 11 is 2.58. The Morgan fingerprint density at radius 1 is 0.958 bits per heavy atom. The first-order valence-corrected chi connectivity index (χ1v) is 9.13. The maximum Gasteiger partial charge on any atom is 0.338 e. The molecule has 4 amide bonds. The lowest BCUT2D eigenvalue weighted by Crippen LogP contribution is -2.39. The standard InChI is InChI=1S/C14H11N5O3S2/c1-23-12-15-11(16-13(18-12)24-2)17-14(22)19-9(20)7-5-3-4-6-8(7)10(19)21/h3-6H,1-2H3,(H,15,16,17,18,22). The second kappa shape index (κ2) is 6.57. The molecular formula is C14H11N5O3S2. The van der Waals surface area contributed by atoms with E-state index < -0.39 is 17.8 Å². The Bertz CT molecular complexity index is 801. The molecule has 0 aliphatic carbocycles. The smallest absolute Gasteiger partial charge is 0.275 e. The number of nitrogens with zero attached hydrogens (tertiary/aromatic N) is 4. The molecule has 0 saturated carbocycles. The van der Waals surface area contributed by atoms with Gasteiger partial charge >= 0.3 is 6.03 Å². The maximum absolute atomic E-state index is 12.4. The molecule has 3 rings (SSSR count). The van der Waals surface area contributed by atoms with Crippen LogP contribution in [0.5, 0.6) is 0 Å². The first-order chi connectivity index (χ1) is 11.5. The first kappa shape index (κ1) is 16.4. The summed E-state index contributed by atoms with van der Waals surface area (Å²) in [5.41, 5.74) is 0.394. The van der Waals surface area contributed by atoms with E-state index in [4.69, 9.17) is 0 Å². The van der Waals surface area contributed by atoms with Crippen molar-refractivity contribution in [2.45, 2.75) is 10.3 Å². The van der Waals surface area contributed by atoms with Crippen molar-refractivity contribution in [1.82, 2.24) is 19.9 Å². The molecule has 2 heterocycles. The largest absolute Gasteiger partial charge is 0.338 e. The molecule has 2 aromatic rings. The molecule has 1 aromatic carbocycles. The Morgan fingerprint density at radius 3 is 1.92 bits per heavy atom. The van der Waals surface area contributed by atoms with Gasteiger partial charge in [0.1, 0.15) is 0 Å². The van der Waals surface area contributed by atoms with Crippen LogP contribution >= 0.6 is 23.5 Å². The predicted molar refractivity (Wildman–Crippen MR) is 89.3 cm³/mol. The van der Waals surface area contributed by atoms with Crippen LogP contribution in [-0.2, 0) is 0 Å². The summed E-state index contributed by atoms with van der Waals surface area (Å²) in [5, 5.41) is 3.23. The number of hydrogen-bond acceptors (Lipinski definition) is 8. The molecule has 1 aliphatic rings. The zero-order valence-electron chi connectivity index (χ0n) is 12.6. The van der Waals surface area contributed by atoms with Crippen LogP contribution in [0.25, 0.3) is 0 Å². The lowest BCUT2D eigenvalue weighted by atomic mass is 10.1. The number of hydrogen-bond donors (Lipinski definition) is 1. The minimum Gasteiger partial charge on any atom is -0.275 e. The Morgan fingerprint density at radius 2 is 1.46 bits per heavy atom. The highest BCUT2D eigenvalue weighted by Crippen LogP contribution is 2.23. The molecular weight excluding hydrogens is 350 g/mol. The summed E-state index contributed by atoms with van der Waals surface area (Å²) in [6, 6.07) is 5.37. The minimum atomic E-state index is -0.897. The van der Waals surface area contributed by atoms with Crippen LogP contribution in [-0.4, -0.2) is 50.2 Å². The molecule has 1 aliphatic heterocycles. The van der Waals surface area contributed by atoms with E-state index >= 15 is 0 Å². The van der Waals surface area contributed by atoms with Crippen LogP contribution in [0.2, 0.25) is 0 Å². The number of benzene rings is 1. The van der Waals surface area contributed by atoms with Crippen LogP contribution < -0.4 is 5.32 Å². The minimum absolute atomic E-state index is 0.0137. The third-order valence-electron chi connectivity index (χ3n) is 3.18. The second-order valence-corrected chi connectivity index (χ2v) is 6.10. The Kier molecular flexibility index (Phi) is 4.49. The van der Waals surface area contributed by atoms with Gasteiger partial charge < -0.3 is 0 Å². The number of aromatic nitrogens is 3. The van der Waals surface area contributed by atoms with Crippen molar-refractivity contribution in [3.8, 4) is 0 Å². The SMILES string of the molecule is CSc1nc(NC(=O)N2C(=O)c3ccccc3C2=O)nc(SC)n1. The van der Waals surface area contributed by atoms with Gasteiger partial charge in [0.05, 0.1) is 11.1 Å². The van der Waals surface area contributed by atoms with Crippen molar-refractivity contribution >= 4 is 47.3 Å². The molecule has 0 radical (unpaired) electrons. The molecule has 1 aromatic heterocycles. The molecule has 0 saturated heterocycles. The molecule has 0 bridgehead atoms. The van der Waals surface area contributed by atoms with Crippen LogP contribution in [0.4, 0.5) is 10.7 Å². The second-order valence-electron chi connectivity index (χ2n) is 4.55. The first-order valence-electron chi connectivity index (χ1n) is 6.68. The topological polar surface area (TPSA) is 105 Å². The zero-order chi connectivity index (χ0) is 17.3. The summed E-state index contributed by atoms with van der Waals surface area (Å²) < 4.78 is 0. The molecule has 0 unspecified atom stereocenters. The maximum atomic E-state index is 12.4. The van der Waals surface area contributed by atoms with E-state index in [1.54, 1.807) is 24.6 Å². The van der Waals surface area contributed by atoms with Crippen molar-refractivity contribution in [2.24, 2.45) is 0 Å². The van der Waals surface area contributed by atoms with E-state index in [-0.39, 0.29) is 17.1 Å². The number of urea groups is 1. The van der Waals surface area contributed by atoms with Crippen molar-refractivity contribution in [1.29, 1.82) is 0 Å². The molecule has 10 heteroatoms. The quantitative estimate of drug-likeness (QED) is 0.655. The molecule has 0 atom stereocenters. The Hall–Kier alpha value is -2.46. The van der Waals surface area contributed by atoms with Crippen molar-refractivity contribution in [3.63, 3.8) is 0 Å². The number of imide groups is 3. The number of nitrogens with one attached hydrogen (secondary N) is 1. The summed E-state index contributed by atoms with van der Waals surface area (Å²) in [7, 11) is 0. The van der Waals surface area contributed by atoms with Gasteiger partial charge in [0, 0.05) is 0 Å². The Labute approximate surface area is 145 Å². The highest BCUT2D eigenvalue weighted by molar-refractivity contribution is 7.99. The van der Waals surface area contributed by atoms with Crippen molar-refractivity contribution in [3.05, 3.63) is 35.4 Å². The number of carbonyl (C=O) groups is 3. The molecule has 0 spiro atoms. The number of carbonyl (C=O) groups excluding carboxylic acids is 3. The summed E-state index contributed by atoms with van der Waals surface area (Å²) in [6.45, 7) is 0. The number of anilines is 1. The van der Waals surface area contributed by atoms with Gasteiger partial charge in [0.25, 0.3) is 11.8 Å². The average molecular weight is 361 g/mol. The average Bonchev–Trinajstić information content (AvgIpc) is 2.86. The van der Waals surface area contributed by atoms with E-state index in [1.807, 2.05) is 0 Å². The van der Waals surface area contributed by atoms with Crippen LogP contribution in [0, 0.1) is 0 Å². The van der Waals surface area contributed by atoms with Gasteiger partial charge in [-0.05, 0) is 24.6 Å². The normalized spacial score (nSPS) is 13.2. The van der Waals surface area contributed by atoms with E-state index in [9.17, 15) is 14.4 Å². The zero-order valence-corrected chi connectivity index (χ0v) is 14.3. The molecule has 122 valence electrons. The van der Waals surface area contributed by atoms with Crippen molar-refractivity contribution in [2.75, 3.05) is 17.8 Å². The lowest BCUT2D eigenvalue weighted by Gasteiger charge is -2.12. The van der Waals surface area contributed by atoms with E-state index in [1.165, 1.54) is 35.7 Å².